The minimum atomic E-state index is -0.498. The van der Waals surface area contributed by atoms with Gasteiger partial charge in [0.15, 0.2) is 5.82 Å². The van der Waals surface area contributed by atoms with Gasteiger partial charge in [-0.1, -0.05) is 6.07 Å². The molecule has 2 aromatic rings. The molecule has 0 aliphatic rings. The predicted octanol–water partition coefficient (Wildman–Crippen LogP) is 1.70. The molecule has 0 saturated carbocycles. The van der Waals surface area contributed by atoms with Crippen LogP contribution in [0.3, 0.4) is 0 Å². The van der Waals surface area contributed by atoms with Crippen molar-refractivity contribution in [3.63, 3.8) is 0 Å². The fraction of sp³-hybridized carbons (Fsp3) is 0.200. The van der Waals surface area contributed by atoms with Crippen molar-refractivity contribution in [1.29, 1.82) is 0 Å². The van der Waals surface area contributed by atoms with E-state index in [4.69, 9.17) is 4.74 Å². The van der Waals surface area contributed by atoms with Crippen LogP contribution in [0.1, 0.15) is 5.82 Å². The summed E-state index contributed by atoms with van der Waals surface area (Å²) >= 11 is 0. The zero-order valence-electron chi connectivity index (χ0n) is 9.30. The number of nitro groups is 1. The molecule has 1 aromatic heterocycles. The highest BCUT2D eigenvalue weighted by atomic mass is 16.6. The first-order valence-corrected chi connectivity index (χ1v) is 4.84. The number of rotatable bonds is 3. The molecule has 1 N–H and O–H groups in total. The molecule has 7 nitrogen and oxygen atoms in total. The van der Waals surface area contributed by atoms with E-state index in [1.165, 1.54) is 13.2 Å². The van der Waals surface area contributed by atoms with Crippen molar-refractivity contribution in [2.24, 2.45) is 0 Å². The van der Waals surface area contributed by atoms with Gasteiger partial charge in [-0.2, -0.15) is 5.10 Å². The first kappa shape index (κ1) is 11.1. The van der Waals surface area contributed by atoms with Gasteiger partial charge in [0.05, 0.1) is 17.6 Å². The van der Waals surface area contributed by atoms with Crippen molar-refractivity contribution in [2.45, 2.75) is 6.92 Å². The number of para-hydroxylation sites is 1. The normalized spacial score (nSPS) is 10.2. The number of hydrogen-bond donors (Lipinski definition) is 1. The smallest absolute Gasteiger partial charge is 0.311 e. The summed E-state index contributed by atoms with van der Waals surface area (Å²) in [6, 6.07) is 4.62. The molecular weight excluding hydrogens is 224 g/mol. The molecule has 0 aliphatic carbocycles. The van der Waals surface area contributed by atoms with Gasteiger partial charge in [0.25, 0.3) is 0 Å². The lowest BCUT2D eigenvalue weighted by Gasteiger charge is -2.05. The Balaban J connectivity index is 2.61. The minimum absolute atomic E-state index is 0.104. The molecule has 0 spiro atoms. The maximum atomic E-state index is 10.8. The molecule has 2 rings (SSSR count). The maximum absolute atomic E-state index is 10.8. The highest BCUT2D eigenvalue weighted by molar-refractivity contribution is 5.70. The number of aromatic nitrogens is 3. The first-order valence-electron chi connectivity index (χ1n) is 4.84. The molecular formula is C10H10N4O3. The Kier molecular flexibility index (Phi) is 2.73. The lowest BCUT2D eigenvalue weighted by Crippen LogP contribution is -1.96. The summed E-state index contributed by atoms with van der Waals surface area (Å²) < 4.78 is 5.07. The average molecular weight is 234 g/mol. The second-order valence-corrected chi connectivity index (χ2v) is 3.36. The van der Waals surface area contributed by atoms with Crippen molar-refractivity contribution < 1.29 is 9.66 Å². The van der Waals surface area contributed by atoms with Gasteiger partial charge in [-0.05, 0) is 13.0 Å². The summed E-state index contributed by atoms with van der Waals surface area (Å²) in [5.41, 5.74) is 0.388. The predicted molar refractivity (Wildman–Crippen MR) is 59.8 cm³/mol. The zero-order valence-corrected chi connectivity index (χ0v) is 9.30. The number of hydrogen-bond acceptors (Lipinski definition) is 5. The molecule has 1 aromatic carbocycles. The van der Waals surface area contributed by atoms with Crippen LogP contribution < -0.4 is 4.74 Å². The fourth-order valence-electron chi connectivity index (χ4n) is 1.52. The standard InChI is InChI=1S/C10H10N4O3/c1-6-11-10(13-12-6)7-4-3-5-8(14(15)16)9(7)17-2/h3-5H,1-2H3,(H,11,12,13). The van der Waals surface area contributed by atoms with Crippen LogP contribution in [-0.4, -0.2) is 27.2 Å². The summed E-state index contributed by atoms with van der Waals surface area (Å²) in [7, 11) is 1.38. The van der Waals surface area contributed by atoms with Crippen molar-refractivity contribution >= 4 is 5.69 Å². The Morgan fingerprint density at radius 2 is 2.24 bits per heavy atom. The number of nitrogens with zero attached hydrogens (tertiary/aromatic N) is 3. The van der Waals surface area contributed by atoms with Gasteiger partial charge < -0.3 is 4.74 Å². The molecule has 0 fully saturated rings. The molecule has 0 amide bonds. The van der Waals surface area contributed by atoms with Gasteiger partial charge in [0, 0.05) is 6.07 Å². The van der Waals surface area contributed by atoms with Gasteiger partial charge in [-0.3, -0.25) is 15.2 Å². The number of methoxy groups -OCH3 is 1. The molecule has 0 unspecified atom stereocenters. The third kappa shape index (κ3) is 1.94. The van der Waals surface area contributed by atoms with E-state index >= 15 is 0 Å². The van der Waals surface area contributed by atoms with Gasteiger partial charge >= 0.3 is 5.69 Å². The zero-order chi connectivity index (χ0) is 12.4. The molecule has 0 atom stereocenters. The molecule has 17 heavy (non-hydrogen) atoms. The Morgan fingerprint density at radius 3 is 2.76 bits per heavy atom. The summed E-state index contributed by atoms with van der Waals surface area (Å²) in [4.78, 5) is 14.5. The summed E-state index contributed by atoms with van der Waals surface area (Å²) in [6.07, 6.45) is 0. The highest BCUT2D eigenvalue weighted by Crippen LogP contribution is 2.35. The van der Waals surface area contributed by atoms with Crippen LogP contribution in [-0.2, 0) is 0 Å². The van der Waals surface area contributed by atoms with Crippen LogP contribution in [0.5, 0.6) is 5.75 Å². The van der Waals surface area contributed by atoms with Crippen molar-refractivity contribution in [3.05, 3.63) is 34.1 Å². The Hall–Kier alpha value is -2.44. The maximum Gasteiger partial charge on any atom is 0.311 e. The largest absolute Gasteiger partial charge is 0.490 e. The van der Waals surface area contributed by atoms with Gasteiger partial charge in [0.1, 0.15) is 5.82 Å². The first-order chi connectivity index (χ1) is 8.13. The van der Waals surface area contributed by atoms with Crippen LogP contribution in [0.2, 0.25) is 0 Å². The topological polar surface area (TPSA) is 93.9 Å². The van der Waals surface area contributed by atoms with E-state index in [0.29, 0.717) is 17.2 Å². The summed E-state index contributed by atoms with van der Waals surface area (Å²) in [5, 5.41) is 17.5. The Bertz CT molecular complexity index is 564. The number of nitro benzene ring substituents is 1. The molecule has 1 heterocycles. The van der Waals surface area contributed by atoms with Crippen molar-refractivity contribution in [1.82, 2.24) is 15.2 Å². The molecule has 7 heteroatoms. The second kappa shape index (κ2) is 4.20. The van der Waals surface area contributed by atoms with Gasteiger partial charge in [0.2, 0.25) is 5.75 Å². The number of aryl methyl sites for hydroxylation is 1. The third-order valence-electron chi connectivity index (χ3n) is 2.23. The van der Waals surface area contributed by atoms with Crippen molar-refractivity contribution in [2.75, 3.05) is 7.11 Å². The van der Waals surface area contributed by atoms with E-state index < -0.39 is 4.92 Å². The van der Waals surface area contributed by atoms with E-state index in [2.05, 4.69) is 15.2 Å². The Labute approximate surface area is 96.6 Å². The summed E-state index contributed by atoms with van der Waals surface area (Å²) in [6.45, 7) is 1.75. The summed E-state index contributed by atoms with van der Waals surface area (Å²) in [5.74, 6) is 1.17. The lowest BCUT2D eigenvalue weighted by atomic mass is 10.1. The SMILES string of the molecule is COc1c(-c2n[nH]c(C)n2)cccc1[N+](=O)[O-]. The number of nitrogens with one attached hydrogen (secondary N) is 1. The third-order valence-corrected chi connectivity index (χ3v) is 2.23. The molecule has 0 radical (unpaired) electrons. The van der Waals surface area contributed by atoms with Crippen LogP contribution in [0, 0.1) is 17.0 Å². The van der Waals surface area contributed by atoms with Gasteiger partial charge in [-0.15, -0.1) is 0 Å². The number of aromatic amines is 1. The van der Waals surface area contributed by atoms with Crippen molar-refractivity contribution in [3.8, 4) is 17.1 Å². The molecule has 0 saturated heterocycles. The van der Waals surface area contributed by atoms with E-state index in [0.717, 1.165) is 0 Å². The molecule has 0 bridgehead atoms. The van der Waals surface area contributed by atoms with Crippen LogP contribution in [0.4, 0.5) is 5.69 Å². The van der Waals surface area contributed by atoms with Crippen LogP contribution in [0.15, 0.2) is 18.2 Å². The minimum Gasteiger partial charge on any atom is -0.490 e. The molecule has 88 valence electrons. The number of ether oxygens (including phenoxy) is 1. The van der Waals surface area contributed by atoms with E-state index in [1.54, 1.807) is 19.1 Å². The van der Waals surface area contributed by atoms with Crippen LogP contribution >= 0.6 is 0 Å². The van der Waals surface area contributed by atoms with Gasteiger partial charge in [-0.25, -0.2) is 4.98 Å². The quantitative estimate of drug-likeness (QED) is 0.644. The van der Waals surface area contributed by atoms with E-state index in [1.807, 2.05) is 0 Å². The monoisotopic (exact) mass is 234 g/mol. The van der Waals surface area contributed by atoms with E-state index in [9.17, 15) is 10.1 Å². The highest BCUT2D eigenvalue weighted by Gasteiger charge is 2.21. The number of H-pyrrole nitrogens is 1. The van der Waals surface area contributed by atoms with Crippen LogP contribution in [0.25, 0.3) is 11.4 Å². The number of benzene rings is 1. The molecule has 0 aliphatic heterocycles. The Morgan fingerprint density at radius 1 is 1.47 bits per heavy atom. The lowest BCUT2D eigenvalue weighted by molar-refractivity contribution is -0.385. The van der Waals surface area contributed by atoms with E-state index in [-0.39, 0.29) is 11.4 Å². The second-order valence-electron chi connectivity index (χ2n) is 3.36. The fourth-order valence-corrected chi connectivity index (χ4v) is 1.52. The average Bonchev–Trinajstić information content (AvgIpc) is 2.74.